The summed E-state index contributed by atoms with van der Waals surface area (Å²) in [7, 11) is 0. The molecule has 0 spiro atoms. The predicted molar refractivity (Wildman–Crippen MR) is 92.2 cm³/mol. The Balaban J connectivity index is 2.35. The van der Waals surface area contributed by atoms with Crippen molar-refractivity contribution in [3.05, 3.63) is 24.3 Å². The summed E-state index contributed by atoms with van der Waals surface area (Å²) >= 11 is 1.50. The van der Waals surface area contributed by atoms with E-state index >= 15 is 0 Å². The summed E-state index contributed by atoms with van der Waals surface area (Å²) in [5, 5.41) is 8.73. The molecular formula is C16H25N3O2S. The van der Waals surface area contributed by atoms with Crippen LogP contribution in [0.2, 0.25) is 0 Å². The summed E-state index contributed by atoms with van der Waals surface area (Å²) in [5.74, 6) is -0.0564. The minimum atomic E-state index is -0.155. The predicted octanol–water partition coefficient (Wildman–Crippen LogP) is 2.24. The molecule has 0 bridgehead atoms. The molecule has 122 valence electrons. The van der Waals surface area contributed by atoms with E-state index in [0.29, 0.717) is 6.54 Å². The smallest absolute Gasteiger partial charge is 0.233 e. The highest BCUT2D eigenvalue weighted by atomic mass is 32.2. The maximum Gasteiger partial charge on any atom is 0.233 e. The topological polar surface area (TPSA) is 70.2 Å². The van der Waals surface area contributed by atoms with E-state index in [1.165, 1.54) is 18.7 Å². The van der Waals surface area contributed by atoms with Gasteiger partial charge in [-0.25, -0.2) is 0 Å². The van der Waals surface area contributed by atoms with Crippen LogP contribution in [0.15, 0.2) is 29.2 Å². The van der Waals surface area contributed by atoms with Gasteiger partial charge in [-0.1, -0.05) is 6.92 Å². The molecule has 5 nitrogen and oxygen atoms in total. The van der Waals surface area contributed by atoms with Gasteiger partial charge in [0.2, 0.25) is 11.8 Å². The number of thioether (sulfide) groups is 1. The number of nitrogens with one attached hydrogen (secondary N) is 3. The zero-order valence-corrected chi connectivity index (χ0v) is 14.3. The quantitative estimate of drug-likeness (QED) is 0.481. The first-order chi connectivity index (χ1) is 10.5. The van der Waals surface area contributed by atoms with Crippen LogP contribution in [0.4, 0.5) is 5.69 Å². The summed E-state index contributed by atoms with van der Waals surface area (Å²) in [4.78, 5) is 23.9. The minimum Gasteiger partial charge on any atom is -0.354 e. The lowest BCUT2D eigenvalue weighted by atomic mass is 10.3. The van der Waals surface area contributed by atoms with Crippen LogP contribution in [0.1, 0.15) is 27.2 Å². The maximum atomic E-state index is 12.0. The molecule has 2 amide bonds. The molecule has 0 radical (unpaired) electrons. The van der Waals surface area contributed by atoms with Gasteiger partial charge in [0.05, 0.1) is 5.25 Å². The average molecular weight is 323 g/mol. The van der Waals surface area contributed by atoms with Crippen molar-refractivity contribution in [3.63, 3.8) is 0 Å². The molecule has 0 saturated heterocycles. The second-order valence-electron chi connectivity index (χ2n) is 5.01. The van der Waals surface area contributed by atoms with Gasteiger partial charge in [-0.2, -0.15) is 0 Å². The van der Waals surface area contributed by atoms with Crippen LogP contribution >= 0.6 is 11.8 Å². The molecule has 0 fully saturated rings. The molecule has 3 N–H and O–H groups in total. The Hall–Kier alpha value is -1.53. The largest absolute Gasteiger partial charge is 0.354 e. The van der Waals surface area contributed by atoms with Gasteiger partial charge in [0, 0.05) is 30.6 Å². The van der Waals surface area contributed by atoms with Gasteiger partial charge in [0.25, 0.3) is 0 Å². The maximum absolute atomic E-state index is 12.0. The fourth-order valence-corrected chi connectivity index (χ4v) is 2.69. The third-order valence-corrected chi connectivity index (χ3v) is 4.00. The molecule has 1 rings (SSSR count). The first-order valence-corrected chi connectivity index (χ1v) is 8.43. The zero-order valence-electron chi connectivity index (χ0n) is 13.4. The monoisotopic (exact) mass is 323 g/mol. The van der Waals surface area contributed by atoms with Crippen molar-refractivity contribution in [2.45, 2.75) is 37.3 Å². The fraction of sp³-hybridized carbons (Fsp3) is 0.500. The second kappa shape index (κ2) is 10.2. The summed E-state index contributed by atoms with van der Waals surface area (Å²) in [6.45, 7) is 7.89. The highest BCUT2D eigenvalue weighted by molar-refractivity contribution is 8.00. The molecule has 0 aliphatic heterocycles. The van der Waals surface area contributed by atoms with E-state index < -0.39 is 0 Å². The van der Waals surface area contributed by atoms with E-state index in [1.54, 1.807) is 0 Å². The lowest BCUT2D eigenvalue weighted by Crippen LogP contribution is -2.36. The average Bonchev–Trinajstić information content (AvgIpc) is 2.48. The molecule has 0 aliphatic carbocycles. The number of anilines is 1. The number of rotatable bonds is 9. The molecule has 0 heterocycles. The van der Waals surface area contributed by atoms with Crippen molar-refractivity contribution in [1.82, 2.24) is 10.6 Å². The van der Waals surface area contributed by atoms with Crippen LogP contribution in [0.25, 0.3) is 0 Å². The normalized spacial score (nSPS) is 11.8. The SMILES string of the molecule is CCCNCCNC(=O)C(C)Sc1ccc(NC(C)=O)cc1. The van der Waals surface area contributed by atoms with Gasteiger partial charge < -0.3 is 16.0 Å². The van der Waals surface area contributed by atoms with Crippen molar-refractivity contribution in [3.8, 4) is 0 Å². The molecule has 0 saturated carbocycles. The molecule has 0 aliphatic rings. The van der Waals surface area contributed by atoms with Crippen LogP contribution in [0, 0.1) is 0 Å². The van der Waals surface area contributed by atoms with E-state index in [9.17, 15) is 9.59 Å². The van der Waals surface area contributed by atoms with Gasteiger partial charge in [-0.15, -0.1) is 11.8 Å². The molecular weight excluding hydrogens is 298 g/mol. The van der Waals surface area contributed by atoms with E-state index in [0.717, 1.165) is 30.1 Å². The van der Waals surface area contributed by atoms with Gasteiger partial charge in [0.1, 0.15) is 0 Å². The van der Waals surface area contributed by atoms with E-state index in [4.69, 9.17) is 0 Å². The van der Waals surface area contributed by atoms with E-state index in [-0.39, 0.29) is 17.1 Å². The molecule has 1 atom stereocenters. The first-order valence-electron chi connectivity index (χ1n) is 7.55. The Morgan fingerprint density at radius 1 is 1.14 bits per heavy atom. The van der Waals surface area contributed by atoms with Crippen LogP contribution < -0.4 is 16.0 Å². The Bertz CT molecular complexity index is 477. The first kappa shape index (κ1) is 18.5. The summed E-state index contributed by atoms with van der Waals surface area (Å²) < 4.78 is 0. The van der Waals surface area contributed by atoms with Crippen LogP contribution in [-0.2, 0) is 9.59 Å². The second-order valence-corrected chi connectivity index (χ2v) is 6.42. The number of carbonyl (C=O) groups excluding carboxylic acids is 2. The van der Waals surface area contributed by atoms with Crippen molar-refractivity contribution < 1.29 is 9.59 Å². The Kier molecular flexibility index (Phi) is 8.62. The summed E-state index contributed by atoms with van der Waals surface area (Å²) in [6.07, 6.45) is 1.09. The van der Waals surface area contributed by atoms with Crippen molar-refractivity contribution >= 4 is 29.3 Å². The third-order valence-electron chi connectivity index (χ3n) is 2.88. The Morgan fingerprint density at radius 2 is 1.82 bits per heavy atom. The number of benzene rings is 1. The third kappa shape index (κ3) is 7.47. The van der Waals surface area contributed by atoms with Gasteiger partial charge >= 0.3 is 0 Å². The number of amides is 2. The Labute approximate surface area is 136 Å². The van der Waals surface area contributed by atoms with E-state index in [1.807, 2.05) is 31.2 Å². The van der Waals surface area contributed by atoms with Gasteiger partial charge in [-0.3, -0.25) is 9.59 Å². The molecule has 1 unspecified atom stereocenters. The summed E-state index contributed by atoms with van der Waals surface area (Å²) in [6, 6.07) is 7.48. The lowest BCUT2D eigenvalue weighted by molar-refractivity contribution is -0.120. The minimum absolute atomic E-state index is 0.0363. The standard InChI is InChI=1S/C16H25N3O2S/c1-4-9-17-10-11-18-16(21)12(2)22-15-7-5-14(6-8-15)19-13(3)20/h5-8,12,17H,4,9-11H2,1-3H3,(H,18,21)(H,19,20). The lowest BCUT2D eigenvalue weighted by Gasteiger charge is -2.12. The van der Waals surface area contributed by atoms with Crippen molar-refractivity contribution in [2.75, 3.05) is 25.0 Å². The molecule has 6 heteroatoms. The zero-order chi connectivity index (χ0) is 16.4. The Morgan fingerprint density at radius 3 is 2.41 bits per heavy atom. The fourth-order valence-electron chi connectivity index (χ4n) is 1.80. The van der Waals surface area contributed by atoms with Crippen LogP contribution in [0.5, 0.6) is 0 Å². The number of carbonyl (C=O) groups is 2. The van der Waals surface area contributed by atoms with Crippen molar-refractivity contribution in [2.24, 2.45) is 0 Å². The van der Waals surface area contributed by atoms with E-state index in [2.05, 4.69) is 22.9 Å². The molecule has 22 heavy (non-hydrogen) atoms. The van der Waals surface area contributed by atoms with Gasteiger partial charge in [-0.05, 0) is 44.2 Å². The van der Waals surface area contributed by atoms with Crippen LogP contribution in [-0.4, -0.2) is 36.7 Å². The molecule has 1 aromatic rings. The van der Waals surface area contributed by atoms with Crippen molar-refractivity contribution in [1.29, 1.82) is 0 Å². The molecule has 1 aromatic carbocycles. The highest BCUT2D eigenvalue weighted by Gasteiger charge is 2.13. The van der Waals surface area contributed by atoms with Crippen LogP contribution in [0.3, 0.4) is 0 Å². The van der Waals surface area contributed by atoms with Gasteiger partial charge in [0.15, 0.2) is 0 Å². The number of hydrogen-bond acceptors (Lipinski definition) is 4. The highest BCUT2D eigenvalue weighted by Crippen LogP contribution is 2.24. The number of hydrogen-bond donors (Lipinski definition) is 3. The molecule has 0 aromatic heterocycles. The summed E-state index contributed by atoms with van der Waals surface area (Å²) in [5.41, 5.74) is 0.760.